The molecule has 14 heteroatoms. The van der Waals surface area contributed by atoms with Crippen LogP contribution >= 0.6 is 22.9 Å². The van der Waals surface area contributed by atoms with E-state index in [9.17, 15) is 19.1 Å². The van der Waals surface area contributed by atoms with Gasteiger partial charge in [-0.2, -0.15) is 15.2 Å². The molecule has 3 saturated heterocycles. The monoisotopic (exact) mass is 684 g/mol. The van der Waals surface area contributed by atoms with Gasteiger partial charge in [-0.25, -0.2) is 13.2 Å². The van der Waals surface area contributed by atoms with E-state index in [0.29, 0.717) is 51.0 Å². The number of nitrogens with two attached hydrogens (primary N) is 1. The van der Waals surface area contributed by atoms with Gasteiger partial charge in [-0.1, -0.05) is 17.7 Å². The van der Waals surface area contributed by atoms with Crippen LogP contribution < -0.4 is 20.1 Å². The first-order chi connectivity index (χ1) is 22.7. The molecule has 0 amide bonds. The summed E-state index contributed by atoms with van der Waals surface area (Å²) in [6, 6.07) is 4.38. The molecular formula is C33H32ClF3N6O3S. The minimum Gasteiger partial charge on any atom is -0.491 e. The number of nitrogens with zero attached hydrogens (tertiary/aromatic N) is 5. The van der Waals surface area contributed by atoms with Gasteiger partial charge in [0.15, 0.2) is 11.6 Å². The fraction of sp³-hybridized carbons (Fsp3) is 0.485. The Kier molecular flexibility index (Phi) is 7.55. The van der Waals surface area contributed by atoms with Gasteiger partial charge in [0.1, 0.15) is 41.0 Å². The number of thiophene rings is 1. The molecule has 6 heterocycles. The molecule has 4 aromatic rings. The Bertz CT molecular complexity index is 1970. The van der Waals surface area contributed by atoms with Gasteiger partial charge in [0.05, 0.1) is 38.9 Å². The second kappa shape index (κ2) is 11.5. The van der Waals surface area contributed by atoms with Gasteiger partial charge in [-0.3, -0.25) is 4.90 Å². The molecule has 4 aliphatic rings. The maximum atomic E-state index is 17.2. The molecule has 2 unspecified atom stereocenters. The molecule has 0 spiro atoms. The summed E-state index contributed by atoms with van der Waals surface area (Å²) in [7, 11) is 0. The molecule has 0 bridgehead atoms. The Labute approximate surface area is 277 Å². The number of hydrogen-bond donors (Lipinski definition) is 2. The lowest BCUT2D eigenvalue weighted by Crippen LogP contribution is -2.43. The second-order valence-corrected chi connectivity index (χ2v) is 14.4. The fourth-order valence-electron chi connectivity index (χ4n) is 8.12. The lowest BCUT2D eigenvalue weighted by molar-refractivity contribution is 0.107. The molecule has 246 valence electrons. The summed E-state index contributed by atoms with van der Waals surface area (Å²) in [5.41, 5.74) is 5.60. The highest BCUT2D eigenvalue weighted by atomic mass is 35.5. The third kappa shape index (κ3) is 4.86. The predicted octanol–water partition coefficient (Wildman–Crippen LogP) is 6.35. The zero-order chi connectivity index (χ0) is 32.6. The number of aliphatic hydroxyl groups excluding tert-OH is 1. The van der Waals surface area contributed by atoms with Gasteiger partial charge in [-0.15, -0.1) is 11.3 Å². The number of hydrogen-bond acceptors (Lipinski definition) is 10. The highest BCUT2D eigenvalue weighted by Crippen LogP contribution is 2.51. The first-order valence-corrected chi connectivity index (χ1v) is 17.1. The largest absolute Gasteiger partial charge is 0.491 e. The third-order valence-corrected chi connectivity index (χ3v) is 11.7. The van der Waals surface area contributed by atoms with Gasteiger partial charge in [0.2, 0.25) is 0 Å². The fourth-order valence-corrected chi connectivity index (χ4v) is 9.41. The van der Waals surface area contributed by atoms with E-state index in [1.165, 1.54) is 12.1 Å². The number of rotatable bonds is 4. The van der Waals surface area contributed by atoms with E-state index in [1.807, 2.05) is 6.07 Å². The van der Waals surface area contributed by atoms with Crippen LogP contribution in [0.15, 0.2) is 12.1 Å². The van der Waals surface area contributed by atoms with E-state index in [-0.39, 0.29) is 78.7 Å². The van der Waals surface area contributed by atoms with Gasteiger partial charge in [-0.05, 0) is 50.3 Å². The van der Waals surface area contributed by atoms with Crippen LogP contribution in [0.1, 0.15) is 50.5 Å². The molecule has 2 aromatic carbocycles. The second-order valence-electron chi connectivity index (χ2n) is 13.0. The van der Waals surface area contributed by atoms with E-state index < -0.39 is 29.4 Å². The molecule has 0 aliphatic carbocycles. The summed E-state index contributed by atoms with van der Waals surface area (Å²) in [6.45, 7) is 2.05. The summed E-state index contributed by atoms with van der Waals surface area (Å²) >= 11 is 7.94. The average Bonchev–Trinajstić information content (AvgIpc) is 3.64. The molecule has 8 rings (SSSR count). The topological polar surface area (TPSA) is 121 Å². The van der Waals surface area contributed by atoms with Crippen LogP contribution in [0, 0.1) is 23.0 Å². The van der Waals surface area contributed by atoms with Gasteiger partial charge >= 0.3 is 6.01 Å². The standard InChI is InChI=1S/C33H32ClF3N6O3S/c34-25-23(19-4-5-21(36)29-22(19)20(13-38)30(39)47-29)26(37)27-24-28(25)45-10-6-17-11-18(44)3-1-9-43(17)31(24)41-32(40-27)46-15-33-7-2-8-42(33)14-16(35)12-33/h4-5,16-18,44H,1-3,6-12,14-15,39H2/t16-,17?,18?,33+/m1/s1. The lowest BCUT2D eigenvalue weighted by Gasteiger charge is -2.35. The number of aromatic nitrogens is 2. The molecule has 9 nitrogen and oxygen atoms in total. The Hall–Kier alpha value is -3.57. The molecule has 4 atom stereocenters. The quantitative estimate of drug-likeness (QED) is 0.253. The van der Waals surface area contributed by atoms with E-state index >= 15 is 4.39 Å². The van der Waals surface area contributed by atoms with Crippen molar-refractivity contribution < 1.29 is 27.8 Å². The van der Waals surface area contributed by atoms with Crippen molar-refractivity contribution in [2.45, 2.75) is 68.8 Å². The van der Waals surface area contributed by atoms with Crippen LogP contribution in [0.3, 0.4) is 0 Å². The Balaban J connectivity index is 1.36. The summed E-state index contributed by atoms with van der Waals surface area (Å²) < 4.78 is 59.4. The number of alkyl halides is 1. The molecule has 2 aromatic heterocycles. The molecule has 0 radical (unpaired) electrons. The Morgan fingerprint density at radius 3 is 2.89 bits per heavy atom. The summed E-state index contributed by atoms with van der Waals surface area (Å²) in [5, 5.41) is 21.0. The van der Waals surface area contributed by atoms with Gasteiger partial charge in [0, 0.05) is 42.9 Å². The van der Waals surface area contributed by atoms with Crippen molar-refractivity contribution in [3.8, 4) is 29.0 Å². The van der Waals surface area contributed by atoms with Crippen LogP contribution in [0.2, 0.25) is 5.02 Å². The maximum Gasteiger partial charge on any atom is 0.319 e. The number of fused-ring (bicyclic) bond motifs is 4. The smallest absolute Gasteiger partial charge is 0.319 e. The molecule has 3 N–H and O–H groups in total. The van der Waals surface area contributed by atoms with E-state index in [0.717, 1.165) is 30.7 Å². The number of halogens is 4. The SMILES string of the molecule is N#Cc1c(N)sc2c(F)ccc(-c3c(Cl)c4c5c(nc(OC[C@@]67CCCN6C[C@H](F)C7)nc5c3F)N3CCCC(O)CC3CCO4)c12. The first kappa shape index (κ1) is 30.7. The van der Waals surface area contributed by atoms with Crippen LogP contribution in [0.5, 0.6) is 11.8 Å². The van der Waals surface area contributed by atoms with Crippen molar-refractivity contribution in [1.82, 2.24) is 14.9 Å². The van der Waals surface area contributed by atoms with Crippen molar-refractivity contribution >= 4 is 54.7 Å². The molecule has 47 heavy (non-hydrogen) atoms. The lowest BCUT2D eigenvalue weighted by atomic mass is 9.95. The highest BCUT2D eigenvalue weighted by molar-refractivity contribution is 7.23. The normalized spacial score (nSPS) is 26.0. The molecule has 0 saturated carbocycles. The maximum absolute atomic E-state index is 17.2. The van der Waals surface area contributed by atoms with Crippen molar-refractivity contribution in [3.63, 3.8) is 0 Å². The predicted molar refractivity (Wildman–Crippen MR) is 174 cm³/mol. The number of anilines is 2. The zero-order valence-electron chi connectivity index (χ0n) is 25.4. The van der Waals surface area contributed by atoms with Crippen LogP contribution in [-0.4, -0.2) is 76.7 Å². The number of nitriles is 1. The van der Waals surface area contributed by atoms with Crippen LogP contribution in [0.4, 0.5) is 24.0 Å². The van der Waals surface area contributed by atoms with Crippen molar-refractivity contribution in [2.24, 2.45) is 0 Å². The van der Waals surface area contributed by atoms with Crippen molar-refractivity contribution in [3.05, 3.63) is 34.4 Å². The highest BCUT2D eigenvalue weighted by Gasteiger charge is 2.49. The Morgan fingerprint density at radius 1 is 1.21 bits per heavy atom. The number of ether oxygens (including phenoxy) is 2. The minimum absolute atomic E-state index is 0.0279. The number of benzene rings is 2. The van der Waals surface area contributed by atoms with Crippen molar-refractivity contribution in [2.75, 3.05) is 43.5 Å². The number of aliphatic hydroxyl groups is 1. The third-order valence-electron chi connectivity index (χ3n) is 10.3. The number of nitrogen functional groups attached to an aromatic ring is 1. The Morgan fingerprint density at radius 2 is 2.06 bits per heavy atom. The molecule has 3 fully saturated rings. The van der Waals surface area contributed by atoms with E-state index in [2.05, 4.69) is 14.8 Å². The van der Waals surface area contributed by atoms with Crippen LogP contribution in [-0.2, 0) is 0 Å². The van der Waals surface area contributed by atoms with Gasteiger partial charge < -0.3 is 25.2 Å². The van der Waals surface area contributed by atoms with E-state index in [1.54, 1.807) is 0 Å². The first-order valence-electron chi connectivity index (χ1n) is 15.9. The average molecular weight is 685 g/mol. The molecule has 4 aliphatic heterocycles. The summed E-state index contributed by atoms with van der Waals surface area (Å²) in [6.07, 6.45) is 2.91. The van der Waals surface area contributed by atoms with Crippen LogP contribution in [0.25, 0.3) is 32.1 Å². The van der Waals surface area contributed by atoms with Crippen molar-refractivity contribution in [1.29, 1.82) is 5.26 Å². The summed E-state index contributed by atoms with van der Waals surface area (Å²) in [4.78, 5) is 13.6. The van der Waals surface area contributed by atoms with Gasteiger partial charge in [0.25, 0.3) is 0 Å². The zero-order valence-corrected chi connectivity index (χ0v) is 26.9. The van der Waals surface area contributed by atoms with E-state index in [4.69, 9.17) is 31.8 Å². The minimum atomic E-state index is -0.951. The summed E-state index contributed by atoms with van der Waals surface area (Å²) in [5.74, 6) is -0.866. The molecular weight excluding hydrogens is 653 g/mol.